The maximum Gasteiger partial charge on any atom is 0.355 e. The molecule has 212 valence electrons. The average Bonchev–Trinajstić information content (AvgIpc) is 2.93. The fourth-order valence-electron chi connectivity index (χ4n) is 5.46. The minimum absolute atomic E-state index is 0.166. The molecule has 0 saturated carbocycles. The maximum atomic E-state index is 14.9. The molecule has 1 atom stereocenters. The lowest BCUT2D eigenvalue weighted by molar-refractivity contribution is -0.126. The summed E-state index contributed by atoms with van der Waals surface area (Å²) in [5.74, 6) is -0.304. The number of amides is 1. The molecule has 9 nitrogen and oxygen atoms in total. The molecule has 1 aromatic carbocycles. The van der Waals surface area contributed by atoms with Crippen molar-refractivity contribution in [3.63, 3.8) is 0 Å². The summed E-state index contributed by atoms with van der Waals surface area (Å²) in [6.45, 7) is 10.5. The molecule has 0 spiro atoms. The summed E-state index contributed by atoms with van der Waals surface area (Å²) in [7, 11) is 0. The highest BCUT2D eigenvalue weighted by Gasteiger charge is 2.30. The van der Waals surface area contributed by atoms with E-state index in [4.69, 9.17) is 16.6 Å². The summed E-state index contributed by atoms with van der Waals surface area (Å²) in [5, 5.41) is 0.675. The Labute approximate surface area is 240 Å². The Morgan fingerprint density at radius 1 is 1.22 bits per heavy atom. The molecule has 1 aliphatic heterocycles. The van der Waals surface area contributed by atoms with Gasteiger partial charge in [0, 0.05) is 43.0 Å². The third kappa shape index (κ3) is 5.15. The van der Waals surface area contributed by atoms with E-state index in [0.717, 1.165) is 6.42 Å². The second-order valence-electron chi connectivity index (χ2n) is 10.1. The van der Waals surface area contributed by atoms with E-state index < -0.39 is 11.5 Å². The van der Waals surface area contributed by atoms with Crippen molar-refractivity contribution in [3.05, 3.63) is 92.0 Å². The van der Waals surface area contributed by atoms with Crippen molar-refractivity contribution >= 4 is 34.4 Å². The highest BCUT2D eigenvalue weighted by Crippen LogP contribution is 2.35. The molecule has 1 aliphatic rings. The van der Waals surface area contributed by atoms with Crippen molar-refractivity contribution in [2.75, 3.05) is 24.5 Å². The van der Waals surface area contributed by atoms with E-state index >= 15 is 0 Å². The predicted molar refractivity (Wildman–Crippen MR) is 158 cm³/mol. The molecule has 1 fully saturated rings. The summed E-state index contributed by atoms with van der Waals surface area (Å²) in [4.78, 5) is 54.4. The molecule has 0 unspecified atom stereocenters. The summed E-state index contributed by atoms with van der Waals surface area (Å²) >= 11 is 6.74. The van der Waals surface area contributed by atoms with Crippen molar-refractivity contribution in [1.82, 2.24) is 24.4 Å². The second-order valence-corrected chi connectivity index (χ2v) is 10.6. The van der Waals surface area contributed by atoms with Crippen LogP contribution in [0.5, 0.6) is 0 Å². The largest absolute Gasteiger partial charge is 0.355 e. The molecule has 4 heterocycles. The number of benzene rings is 1. The van der Waals surface area contributed by atoms with Crippen LogP contribution in [0.15, 0.2) is 58.6 Å². The van der Waals surface area contributed by atoms with E-state index in [9.17, 15) is 18.8 Å². The van der Waals surface area contributed by atoms with Crippen LogP contribution in [-0.2, 0) is 11.2 Å². The van der Waals surface area contributed by atoms with Gasteiger partial charge in [-0.1, -0.05) is 43.7 Å². The molecule has 4 aromatic rings. The quantitative estimate of drug-likeness (QED) is 0.341. The number of H-pyrrole nitrogens is 1. The number of anilines is 1. The van der Waals surface area contributed by atoms with Crippen LogP contribution in [0.4, 0.5) is 10.2 Å². The van der Waals surface area contributed by atoms with Crippen LogP contribution in [0.25, 0.3) is 28.0 Å². The van der Waals surface area contributed by atoms with E-state index in [0.29, 0.717) is 54.2 Å². The van der Waals surface area contributed by atoms with Crippen LogP contribution < -0.4 is 16.1 Å². The van der Waals surface area contributed by atoms with Crippen molar-refractivity contribution in [2.24, 2.45) is 0 Å². The number of aryl methyl sites for hydroxylation is 2. The molecule has 1 saturated heterocycles. The lowest BCUT2D eigenvalue weighted by Crippen LogP contribution is -2.54. The minimum atomic E-state index is -0.605. The van der Waals surface area contributed by atoms with Crippen molar-refractivity contribution in [1.29, 1.82) is 0 Å². The van der Waals surface area contributed by atoms with Crippen LogP contribution in [0, 0.1) is 12.7 Å². The summed E-state index contributed by atoms with van der Waals surface area (Å²) in [6.07, 6.45) is 2.51. The number of carbonyl (C=O) groups excluding carboxylic acids is 1. The van der Waals surface area contributed by atoms with Gasteiger partial charge in [0.1, 0.15) is 11.6 Å². The highest BCUT2D eigenvalue weighted by molar-refractivity contribution is 6.33. The number of nitrogens with one attached hydrogen (secondary N) is 1. The number of nitrogens with zero attached hydrogens (tertiary/aromatic N) is 5. The number of pyridine rings is 2. The number of rotatable bonds is 6. The molecule has 41 heavy (non-hydrogen) atoms. The zero-order valence-electron chi connectivity index (χ0n) is 23.1. The third-order valence-electron chi connectivity index (χ3n) is 7.32. The van der Waals surface area contributed by atoms with Crippen molar-refractivity contribution in [2.45, 2.75) is 39.7 Å². The topological polar surface area (TPSA) is 104 Å². The van der Waals surface area contributed by atoms with E-state index in [-0.39, 0.29) is 39.4 Å². The summed E-state index contributed by atoms with van der Waals surface area (Å²) in [6, 6.07) is 9.04. The Morgan fingerprint density at radius 3 is 2.66 bits per heavy atom. The normalized spacial score (nSPS) is 15.4. The molecule has 0 bridgehead atoms. The number of aromatic amines is 1. The van der Waals surface area contributed by atoms with Gasteiger partial charge in [0.15, 0.2) is 5.65 Å². The van der Waals surface area contributed by atoms with Crippen LogP contribution in [-0.4, -0.2) is 56.0 Å². The van der Waals surface area contributed by atoms with Crippen LogP contribution >= 0.6 is 11.6 Å². The molecular weight excluding hydrogens is 547 g/mol. The van der Waals surface area contributed by atoms with Gasteiger partial charge in [0.05, 0.1) is 21.8 Å². The number of aromatic nitrogens is 4. The van der Waals surface area contributed by atoms with Crippen LogP contribution in [0.2, 0.25) is 5.02 Å². The standard InChI is InChI=1S/C30H30ClFN6O3/c1-5-9-23-27(17(3)14-24(39)33-23)38-29-20(15-21(31)26(34-29)19-10-7-8-11-22(19)32)28(35-30(38)41)37-13-12-36(16-18(37)4)25(40)6-2/h6-8,10-11,14-15,18H,2,5,9,12-13,16H2,1,3-4H3,(H,33,39)/t18-/m0/s1. The zero-order valence-corrected chi connectivity index (χ0v) is 23.8. The van der Waals surface area contributed by atoms with Gasteiger partial charge in [-0.15, -0.1) is 0 Å². The SMILES string of the molecule is C=CC(=O)N1CCN(c2nc(=O)n(-c3c(C)cc(=O)[nH]c3CCC)c3nc(-c4ccccc4F)c(Cl)cc23)[C@@H](C)C1. The predicted octanol–water partition coefficient (Wildman–Crippen LogP) is 4.41. The van der Waals surface area contributed by atoms with Crippen molar-refractivity contribution < 1.29 is 9.18 Å². The van der Waals surface area contributed by atoms with Crippen molar-refractivity contribution in [3.8, 4) is 16.9 Å². The highest BCUT2D eigenvalue weighted by atomic mass is 35.5. The Bertz CT molecular complexity index is 1800. The maximum absolute atomic E-state index is 14.9. The Hall–Kier alpha value is -4.31. The molecule has 1 amide bonds. The first-order valence-electron chi connectivity index (χ1n) is 13.4. The monoisotopic (exact) mass is 576 g/mol. The van der Waals surface area contributed by atoms with Gasteiger partial charge in [0.25, 0.3) is 0 Å². The van der Waals surface area contributed by atoms with Gasteiger partial charge in [-0.2, -0.15) is 4.98 Å². The van der Waals surface area contributed by atoms with Crippen LogP contribution in [0.3, 0.4) is 0 Å². The fraction of sp³-hybridized carbons (Fsp3) is 0.300. The van der Waals surface area contributed by atoms with Gasteiger partial charge >= 0.3 is 5.69 Å². The number of hydrogen-bond acceptors (Lipinski definition) is 6. The minimum Gasteiger partial charge on any atom is -0.350 e. The van der Waals surface area contributed by atoms with Gasteiger partial charge in [-0.05, 0) is 50.1 Å². The molecular formula is C30H30ClFN6O3. The second kappa shape index (κ2) is 11.3. The summed E-state index contributed by atoms with van der Waals surface area (Å²) in [5.41, 5.74) is 1.33. The molecule has 1 N–H and O–H groups in total. The third-order valence-corrected chi connectivity index (χ3v) is 7.61. The number of hydrogen-bond donors (Lipinski definition) is 1. The van der Waals surface area contributed by atoms with Gasteiger partial charge in [-0.25, -0.2) is 18.7 Å². The van der Waals surface area contributed by atoms with E-state index in [1.165, 1.54) is 22.8 Å². The Morgan fingerprint density at radius 2 is 1.98 bits per heavy atom. The first-order valence-corrected chi connectivity index (χ1v) is 13.8. The van der Waals surface area contributed by atoms with E-state index in [1.807, 2.05) is 18.7 Å². The van der Waals surface area contributed by atoms with Gasteiger partial charge < -0.3 is 14.8 Å². The van der Waals surface area contributed by atoms with E-state index in [2.05, 4.69) is 16.5 Å². The Kier molecular flexibility index (Phi) is 7.77. The molecule has 0 radical (unpaired) electrons. The fourth-order valence-corrected chi connectivity index (χ4v) is 5.71. The van der Waals surface area contributed by atoms with Gasteiger partial charge in [0.2, 0.25) is 11.5 Å². The lowest BCUT2D eigenvalue weighted by atomic mass is 10.1. The first-order chi connectivity index (χ1) is 19.6. The lowest BCUT2D eigenvalue weighted by Gasteiger charge is -2.40. The molecule has 5 rings (SSSR count). The zero-order chi connectivity index (χ0) is 29.4. The first kappa shape index (κ1) is 28.2. The Balaban J connectivity index is 1.82. The average molecular weight is 577 g/mol. The number of piperazine rings is 1. The van der Waals surface area contributed by atoms with Crippen LogP contribution in [0.1, 0.15) is 31.5 Å². The molecule has 0 aliphatic carbocycles. The van der Waals surface area contributed by atoms with Gasteiger partial charge in [-0.3, -0.25) is 9.59 Å². The smallest absolute Gasteiger partial charge is 0.350 e. The molecule has 11 heteroatoms. The summed E-state index contributed by atoms with van der Waals surface area (Å²) < 4.78 is 16.3. The number of fused-ring (bicyclic) bond motifs is 1. The molecule has 3 aromatic heterocycles. The van der Waals surface area contributed by atoms with E-state index in [1.54, 1.807) is 36.1 Å². The number of carbonyl (C=O) groups is 1. The number of halogens is 2.